The van der Waals surface area contributed by atoms with Crippen LogP contribution in [0.3, 0.4) is 0 Å². The Bertz CT molecular complexity index is 1780. The highest BCUT2D eigenvalue weighted by molar-refractivity contribution is 7.22. The van der Waals surface area contributed by atoms with Crippen LogP contribution in [0.2, 0.25) is 5.02 Å². The van der Waals surface area contributed by atoms with Crippen molar-refractivity contribution in [2.75, 3.05) is 31.6 Å². The summed E-state index contributed by atoms with van der Waals surface area (Å²) in [7, 11) is 1.37. The smallest absolute Gasteiger partial charge is 0.410 e. The van der Waals surface area contributed by atoms with E-state index in [1.807, 2.05) is 91.8 Å². The maximum absolute atomic E-state index is 13.2. The maximum Gasteiger partial charge on any atom is 0.410 e. The van der Waals surface area contributed by atoms with Crippen LogP contribution in [-0.2, 0) is 19.0 Å². The number of piperazine rings is 1. The minimum atomic E-state index is -0.965. The van der Waals surface area contributed by atoms with Crippen molar-refractivity contribution in [1.29, 1.82) is 0 Å². The molecular formula is C35H42ClN5O5S. The molecule has 0 bridgehead atoms. The van der Waals surface area contributed by atoms with E-state index in [0.29, 0.717) is 41.3 Å². The second-order valence-electron chi connectivity index (χ2n) is 13.7. The zero-order valence-corrected chi connectivity index (χ0v) is 30.0. The van der Waals surface area contributed by atoms with Crippen molar-refractivity contribution < 1.29 is 23.8 Å². The Morgan fingerprint density at radius 1 is 1.02 bits per heavy atom. The Morgan fingerprint density at radius 2 is 1.72 bits per heavy atom. The first-order valence-electron chi connectivity index (χ1n) is 15.6. The van der Waals surface area contributed by atoms with Crippen molar-refractivity contribution in [1.82, 2.24) is 19.9 Å². The van der Waals surface area contributed by atoms with Gasteiger partial charge in [-0.2, -0.15) is 0 Å². The van der Waals surface area contributed by atoms with Crippen molar-refractivity contribution in [3.05, 3.63) is 58.7 Å². The molecule has 1 aliphatic rings. The number of esters is 1. The Labute approximate surface area is 285 Å². The summed E-state index contributed by atoms with van der Waals surface area (Å²) in [5, 5.41) is 1.32. The Kier molecular flexibility index (Phi) is 9.82. The van der Waals surface area contributed by atoms with E-state index >= 15 is 0 Å². The number of aryl methyl sites for hydroxylation is 1. The zero-order chi connectivity index (χ0) is 34.3. The van der Waals surface area contributed by atoms with Crippen LogP contribution >= 0.6 is 22.9 Å². The topological polar surface area (TPSA) is 107 Å². The Balaban J connectivity index is 1.55. The number of amides is 1. The number of thiazole rings is 1. The maximum atomic E-state index is 13.2. The number of hydrogen-bond acceptors (Lipinski definition) is 10. The van der Waals surface area contributed by atoms with Crippen molar-refractivity contribution >= 4 is 51.2 Å². The number of halogens is 1. The predicted octanol–water partition coefficient (Wildman–Crippen LogP) is 7.86. The number of rotatable bonds is 6. The first kappa shape index (κ1) is 34.5. The Morgan fingerprint density at radius 3 is 2.34 bits per heavy atom. The average Bonchev–Trinajstić information content (AvgIpc) is 3.42. The van der Waals surface area contributed by atoms with E-state index in [9.17, 15) is 9.59 Å². The molecule has 47 heavy (non-hydrogen) atoms. The molecule has 3 heterocycles. The third kappa shape index (κ3) is 7.85. The van der Waals surface area contributed by atoms with Crippen LogP contribution in [-0.4, -0.2) is 75.9 Å². The number of nitrogens with zero attached hydrogens (tertiary/aromatic N) is 5. The van der Waals surface area contributed by atoms with E-state index in [-0.39, 0.29) is 12.1 Å². The molecule has 0 N–H and O–H groups in total. The largest absolute Gasteiger partial charge is 0.467 e. The number of carbonyl (C=O) groups excluding carboxylic acids is 2. The molecule has 10 nitrogen and oxygen atoms in total. The first-order valence-corrected chi connectivity index (χ1v) is 16.8. The molecule has 0 radical (unpaired) electrons. The normalized spacial score (nSPS) is 16.3. The van der Waals surface area contributed by atoms with Crippen molar-refractivity contribution in [2.24, 2.45) is 0 Å². The van der Waals surface area contributed by atoms with Gasteiger partial charge in [0, 0.05) is 48.0 Å². The van der Waals surface area contributed by atoms with Gasteiger partial charge in [0.2, 0.25) is 5.95 Å². The van der Waals surface area contributed by atoms with Crippen LogP contribution in [0.15, 0.2) is 42.6 Å². The predicted molar refractivity (Wildman–Crippen MR) is 186 cm³/mol. The van der Waals surface area contributed by atoms with Gasteiger partial charge in [0.1, 0.15) is 16.3 Å². The molecule has 5 rings (SSSR count). The summed E-state index contributed by atoms with van der Waals surface area (Å²) in [6.45, 7) is 16.9. The number of fused-ring (bicyclic) bond motifs is 1. The van der Waals surface area contributed by atoms with Crippen LogP contribution in [0, 0.1) is 6.92 Å². The molecule has 1 saturated heterocycles. The van der Waals surface area contributed by atoms with E-state index in [1.54, 1.807) is 11.1 Å². The van der Waals surface area contributed by atoms with Gasteiger partial charge in [-0.3, -0.25) is 0 Å². The van der Waals surface area contributed by atoms with Crippen LogP contribution in [0.25, 0.3) is 32.0 Å². The van der Waals surface area contributed by atoms with Crippen LogP contribution in [0.4, 0.5) is 10.7 Å². The van der Waals surface area contributed by atoms with Gasteiger partial charge in [-0.1, -0.05) is 23.7 Å². The number of anilines is 1. The lowest BCUT2D eigenvalue weighted by Crippen LogP contribution is -2.55. The second kappa shape index (κ2) is 13.4. The number of ether oxygens (including phenoxy) is 3. The van der Waals surface area contributed by atoms with Gasteiger partial charge in [0.05, 0.1) is 22.9 Å². The van der Waals surface area contributed by atoms with Crippen LogP contribution in [0.1, 0.15) is 65.7 Å². The molecule has 1 amide bonds. The number of hydrogen-bond donors (Lipinski definition) is 0. The summed E-state index contributed by atoms with van der Waals surface area (Å²) in [6.07, 6.45) is 0.450. The third-order valence-corrected chi connectivity index (χ3v) is 8.97. The van der Waals surface area contributed by atoms with Crippen molar-refractivity contribution in [3.63, 3.8) is 0 Å². The molecule has 2 aromatic carbocycles. The lowest BCUT2D eigenvalue weighted by molar-refractivity contribution is -0.164. The summed E-state index contributed by atoms with van der Waals surface area (Å²) >= 11 is 7.77. The van der Waals surface area contributed by atoms with E-state index in [2.05, 4.69) is 9.88 Å². The fourth-order valence-electron chi connectivity index (χ4n) is 5.60. The molecule has 12 heteroatoms. The van der Waals surface area contributed by atoms with Gasteiger partial charge < -0.3 is 24.0 Å². The average molecular weight is 680 g/mol. The number of benzene rings is 2. The molecule has 2 atom stereocenters. The quantitative estimate of drug-likeness (QED) is 0.188. The molecular weight excluding hydrogens is 638 g/mol. The highest BCUT2D eigenvalue weighted by atomic mass is 35.5. The lowest BCUT2D eigenvalue weighted by Gasteiger charge is -2.40. The number of methoxy groups -OCH3 is 1. The second-order valence-corrected chi connectivity index (χ2v) is 15.1. The fourth-order valence-corrected chi connectivity index (χ4v) is 6.82. The molecule has 0 saturated carbocycles. The summed E-state index contributed by atoms with van der Waals surface area (Å²) in [6, 6.07) is 11.3. The molecule has 0 aliphatic carbocycles. The third-order valence-electron chi connectivity index (χ3n) is 7.61. The van der Waals surface area contributed by atoms with Gasteiger partial charge in [0.15, 0.2) is 6.10 Å². The van der Waals surface area contributed by atoms with E-state index in [0.717, 1.165) is 32.5 Å². The van der Waals surface area contributed by atoms with E-state index < -0.39 is 23.3 Å². The number of carbonyl (C=O) groups is 2. The molecule has 0 unspecified atom stereocenters. The van der Waals surface area contributed by atoms with Crippen molar-refractivity contribution in [2.45, 2.75) is 78.7 Å². The minimum Gasteiger partial charge on any atom is -0.467 e. The van der Waals surface area contributed by atoms with Gasteiger partial charge in [-0.25, -0.2) is 24.5 Å². The van der Waals surface area contributed by atoms with Gasteiger partial charge in [-0.05, 0) is 90.8 Å². The molecule has 0 spiro atoms. The van der Waals surface area contributed by atoms with E-state index in [4.69, 9.17) is 35.8 Å². The van der Waals surface area contributed by atoms with Gasteiger partial charge in [-0.15, -0.1) is 11.3 Å². The molecule has 2 aromatic heterocycles. The summed E-state index contributed by atoms with van der Waals surface area (Å²) in [5.74, 6) is 0.0836. The minimum absolute atomic E-state index is 0.0882. The summed E-state index contributed by atoms with van der Waals surface area (Å²) in [5.41, 5.74) is 3.54. The standard InChI is InChI=1S/C35H42ClN5O5S/c1-20-18-25-29(27(22-10-12-23(36)13-11-22)26(20)28(31(42)44-9)45-34(3,4)5)47-30(38-25)24-14-15-37-32(39-24)40-16-17-41(21(2)19-40)33(43)46-35(6,7)8/h10-15,18,21,28H,16-17,19H2,1-9H3/t21-,28+/m1/s1. The first-order chi connectivity index (χ1) is 22.0. The molecule has 1 fully saturated rings. The van der Waals surface area contributed by atoms with E-state index in [1.165, 1.54) is 18.4 Å². The van der Waals surface area contributed by atoms with Gasteiger partial charge in [0.25, 0.3) is 0 Å². The molecule has 250 valence electrons. The lowest BCUT2D eigenvalue weighted by atomic mass is 9.91. The van der Waals surface area contributed by atoms with Crippen LogP contribution < -0.4 is 4.90 Å². The zero-order valence-electron chi connectivity index (χ0n) is 28.4. The van der Waals surface area contributed by atoms with Gasteiger partial charge >= 0.3 is 12.1 Å². The molecule has 4 aromatic rings. The summed E-state index contributed by atoms with van der Waals surface area (Å²) in [4.78, 5) is 44.3. The fraction of sp³-hybridized carbons (Fsp3) is 0.457. The summed E-state index contributed by atoms with van der Waals surface area (Å²) < 4.78 is 18.1. The highest BCUT2D eigenvalue weighted by Gasteiger charge is 2.34. The highest BCUT2D eigenvalue weighted by Crippen LogP contribution is 2.44. The Hall–Kier alpha value is -3.80. The molecule has 1 aliphatic heterocycles. The van der Waals surface area contributed by atoms with Crippen molar-refractivity contribution in [3.8, 4) is 21.8 Å². The number of aromatic nitrogens is 3. The SMILES string of the molecule is COC(=O)[C@@H](OC(C)(C)C)c1c(C)cc2nc(-c3ccnc(N4CCN(C(=O)OC(C)(C)C)[C@H](C)C4)n3)sc2c1-c1ccc(Cl)cc1. The monoisotopic (exact) mass is 679 g/mol. The van der Waals surface area contributed by atoms with Crippen LogP contribution in [0.5, 0.6) is 0 Å².